The molecule has 4 unspecified atom stereocenters. The molecule has 0 spiro atoms. The second-order valence-corrected chi connectivity index (χ2v) is 7.01. The molecule has 2 fully saturated rings. The lowest BCUT2D eigenvalue weighted by Gasteiger charge is -2.49. The summed E-state index contributed by atoms with van der Waals surface area (Å²) in [7, 11) is 0. The monoisotopic (exact) mass is 239 g/mol. The van der Waals surface area contributed by atoms with E-state index in [1.807, 2.05) is 0 Å². The smallest absolute Gasteiger partial charge is 0.0621 e. The molecule has 2 aliphatic carbocycles. The van der Waals surface area contributed by atoms with Gasteiger partial charge >= 0.3 is 0 Å². The predicted octanol–water partition coefficient (Wildman–Crippen LogP) is 2.95. The number of hydrogen-bond donors (Lipinski definition) is 2. The normalized spacial score (nSPS) is 40.9. The Kier molecular flexibility index (Phi) is 4.14. The Morgan fingerprint density at radius 1 is 1.24 bits per heavy atom. The van der Waals surface area contributed by atoms with Gasteiger partial charge in [0.05, 0.1) is 6.10 Å². The second-order valence-electron chi connectivity index (χ2n) is 7.01. The van der Waals surface area contributed by atoms with E-state index in [1.165, 1.54) is 32.1 Å². The fourth-order valence-corrected chi connectivity index (χ4v) is 3.53. The molecule has 0 aromatic heterocycles. The molecule has 2 N–H and O–H groups in total. The molecule has 2 rings (SSSR count). The van der Waals surface area contributed by atoms with Crippen molar-refractivity contribution in [3.8, 4) is 0 Å². The van der Waals surface area contributed by atoms with Gasteiger partial charge in [-0.15, -0.1) is 0 Å². The Labute approximate surface area is 106 Å². The Morgan fingerprint density at radius 2 is 2.00 bits per heavy atom. The summed E-state index contributed by atoms with van der Waals surface area (Å²) in [4.78, 5) is 0. The van der Waals surface area contributed by atoms with Crippen LogP contribution in [-0.2, 0) is 0 Å². The van der Waals surface area contributed by atoms with Crippen LogP contribution in [-0.4, -0.2) is 23.8 Å². The van der Waals surface area contributed by atoms with Gasteiger partial charge < -0.3 is 10.4 Å². The van der Waals surface area contributed by atoms with Crippen molar-refractivity contribution in [2.45, 2.75) is 71.4 Å². The topological polar surface area (TPSA) is 32.3 Å². The van der Waals surface area contributed by atoms with Crippen molar-refractivity contribution in [3.63, 3.8) is 0 Å². The van der Waals surface area contributed by atoms with E-state index in [-0.39, 0.29) is 11.5 Å². The molecule has 2 aliphatic rings. The Morgan fingerprint density at radius 3 is 2.59 bits per heavy atom. The predicted molar refractivity (Wildman–Crippen MR) is 71.9 cm³/mol. The molecule has 17 heavy (non-hydrogen) atoms. The first-order chi connectivity index (χ1) is 8.00. The number of nitrogens with one attached hydrogen (secondary N) is 1. The quantitative estimate of drug-likeness (QED) is 0.790. The van der Waals surface area contributed by atoms with Crippen LogP contribution in [0.2, 0.25) is 0 Å². The molecule has 4 atom stereocenters. The molecule has 2 nitrogen and oxygen atoms in total. The van der Waals surface area contributed by atoms with E-state index < -0.39 is 0 Å². The van der Waals surface area contributed by atoms with Crippen molar-refractivity contribution in [3.05, 3.63) is 0 Å². The molecule has 0 aromatic rings. The minimum absolute atomic E-state index is 0.0832. The average molecular weight is 239 g/mol. The molecule has 2 saturated carbocycles. The van der Waals surface area contributed by atoms with E-state index >= 15 is 0 Å². The largest absolute Gasteiger partial charge is 0.392 e. The van der Waals surface area contributed by atoms with E-state index in [9.17, 15) is 5.11 Å². The Bertz CT molecular complexity index is 251. The van der Waals surface area contributed by atoms with Gasteiger partial charge in [0.2, 0.25) is 0 Å². The third-order valence-electron chi connectivity index (χ3n) is 5.20. The van der Waals surface area contributed by atoms with Crippen LogP contribution in [0.4, 0.5) is 0 Å². The fraction of sp³-hybridized carbons (Fsp3) is 1.00. The maximum atomic E-state index is 9.69. The summed E-state index contributed by atoms with van der Waals surface area (Å²) in [5, 5.41) is 13.3. The zero-order valence-electron chi connectivity index (χ0n) is 11.7. The van der Waals surface area contributed by atoms with Gasteiger partial charge in [0.15, 0.2) is 0 Å². The van der Waals surface area contributed by atoms with Crippen molar-refractivity contribution < 1.29 is 5.11 Å². The number of hydrogen-bond acceptors (Lipinski definition) is 2. The van der Waals surface area contributed by atoms with E-state index in [1.54, 1.807) is 0 Å². The summed E-state index contributed by atoms with van der Waals surface area (Å²) >= 11 is 0. The lowest BCUT2D eigenvalue weighted by atomic mass is 9.64. The SMILES string of the molecule is CC1CCCC(CCNC2CC(O)C2(C)C)C1. The molecule has 0 saturated heterocycles. The molecule has 2 heteroatoms. The van der Waals surface area contributed by atoms with Crippen molar-refractivity contribution in [2.75, 3.05) is 6.54 Å². The first-order valence-corrected chi connectivity index (χ1v) is 7.41. The highest BCUT2D eigenvalue weighted by atomic mass is 16.3. The Hall–Kier alpha value is -0.0800. The summed E-state index contributed by atoms with van der Waals surface area (Å²) in [6.07, 6.45) is 7.89. The molecule has 0 bridgehead atoms. The first-order valence-electron chi connectivity index (χ1n) is 7.41. The van der Waals surface area contributed by atoms with Crippen LogP contribution < -0.4 is 5.32 Å². The van der Waals surface area contributed by atoms with Crippen LogP contribution in [0.5, 0.6) is 0 Å². The van der Waals surface area contributed by atoms with E-state index in [0.29, 0.717) is 6.04 Å². The summed E-state index contributed by atoms with van der Waals surface area (Å²) in [6.45, 7) is 7.87. The van der Waals surface area contributed by atoms with Crippen LogP contribution in [0.1, 0.15) is 59.3 Å². The Balaban J connectivity index is 1.63. The van der Waals surface area contributed by atoms with Gasteiger partial charge in [-0.1, -0.05) is 40.0 Å². The second kappa shape index (κ2) is 5.27. The van der Waals surface area contributed by atoms with Crippen LogP contribution in [0, 0.1) is 17.3 Å². The summed E-state index contributed by atoms with van der Waals surface area (Å²) in [5.41, 5.74) is 0.0832. The van der Waals surface area contributed by atoms with Crippen LogP contribution >= 0.6 is 0 Å². The van der Waals surface area contributed by atoms with Crippen LogP contribution in [0.15, 0.2) is 0 Å². The third kappa shape index (κ3) is 3.03. The van der Waals surface area contributed by atoms with Crippen molar-refractivity contribution >= 4 is 0 Å². The van der Waals surface area contributed by atoms with Crippen LogP contribution in [0.3, 0.4) is 0 Å². The standard InChI is InChI=1S/C15H29NO/c1-11-5-4-6-12(9-11)7-8-16-13-10-14(17)15(13,2)3/h11-14,16-17H,4-10H2,1-3H3. The van der Waals surface area contributed by atoms with Gasteiger partial charge in [0.25, 0.3) is 0 Å². The highest BCUT2D eigenvalue weighted by Crippen LogP contribution is 2.40. The molecule has 0 aliphatic heterocycles. The van der Waals surface area contributed by atoms with Gasteiger partial charge in [-0.3, -0.25) is 0 Å². The number of aliphatic hydroxyl groups is 1. The highest BCUT2D eigenvalue weighted by molar-refractivity contribution is 5.01. The summed E-state index contributed by atoms with van der Waals surface area (Å²) < 4.78 is 0. The van der Waals surface area contributed by atoms with Crippen molar-refractivity contribution in [2.24, 2.45) is 17.3 Å². The lowest BCUT2D eigenvalue weighted by molar-refractivity contribution is -0.0726. The average Bonchev–Trinajstić information content (AvgIpc) is 2.28. The van der Waals surface area contributed by atoms with E-state index in [0.717, 1.165) is 24.8 Å². The zero-order chi connectivity index (χ0) is 12.5. The van der Waals surface area contributed by atoms with Gasteiger partial charge in [-0.2, -0.15) is 0 Å². The van der Waals surface area contributed by atoms with Crippen molar-refractivity contribution in [1.29, 1.82) is 0 Å². The minimum atomic E-state index is -0.102. The molecule has 0 radical (unpaired) electrons. The van der Waals surface area contributed by atoms with Gasteiger partial charge in [0.1, 0.15) is 0 Å². The van der Waals surface area contributed by atoms with Gasteiger partial charge in [0, 0.05) is 11.5 Å². The van der Waals surface area contributed by atoms with Crippen molar-refractivity contribution in [1.82, 2.24) is 5.32 Å². The number of rotatable bonds is 4. The number of aliphatic hydroxyl groups excluding tert-OH is 1. The van der Waals surface area contributed by atoms with Gasteiger partial charge in [-0.25, -0.2) is 0 Å². The third-order valence-corrected chi connectivity index (χ3v) is 5.20. The molecule has 0 amide bonds. The summed E-state index contributed by atoms with van der Waals surface area (Å²) in [6, 6.07) is 0.526. The highest BCUT2D eigenvalue weighted by Gasteiger charge is 2.46. The van der Waals surface area contributed by atoms with Gasteiger partial charge in [-0.05, 0) is 37.6 Å². The lowest BCUT2D eigenvalue weighted by Crippen LogP contribution is -2.60. The van der Waals surface area contributed by atoms with E-state index in [4.69, 9.17) is 0 Å². The molecule has 0 heterocycles. The minimum Gasteiger partial charge on any atom is -0.392 e. The molecule has 100 valence electrons. The van der Waals surface area contributed by atoms with E-state index in [2.05, 4.69) is 26.1 Å². The molecular weight excluding hydrogens is 210 g/mol. The maximum absolute atomic E-state index is 9.69. The first kappa shape index (κ1) is 13.4. The summed E-state index contributed by atoms with van der Waals surface area (Å²) in [5.74, 6) is 1.88. The zero-order valence-corrected chi connectivity index (χ0v) is 11.7. The maximum Gasteiger partial charge on any atom is 0.0621 e. The fourth-order valence-electron chi connectivity index (χ4n) is 3.53. The molecule has 0 aromatic carbocycles. The van der Waals surface area contributed by atoms with Crippen LogP contribution in [0.25, 0.3) is 0 Å². The molecular formula is C15H29NO.